The monoisotopic (exact) mass is 943 g/mol. The lowest BCUT2D eigenvalue weighted by molar-refractivity contribution is -0.384. The van der Waals surface area contributed by atoms with E-state index in [2.05, 4.69) is 38.7 Å². The van der Waals surface area contributed by atoms with Gasteiger partial charge in [-0.3, -0.25) is 24.5 Å². The quantitative estimate of drug-likeness (QED) is 0.0158. The standard InChI is InChI=1S/C45H65N7O15/c1-32(2)40(51-39(53)20-23-61-25-27-63-29-30-64-28-26-62-24-22-48-44(57)66-36-9-6-4-3-5-7-10-36)42(55)50-38(11-8-21-47-43(46)56)41(54)49-34-14-12-33(13-15-34)31-65-45(58)67-37-18-16-35(17-19-37)52(59)60/h3-4,12-19,32,36,38,40H,5-11,20-31H2,1-2H3,(H,48,57)(H,49,54)(H,50,55)(H,51,53)(H3,46,47,56)/b4-3+/t36?,38-,40-/m0/s1. The Balaban J connectivity index is 1.30. The van der Waals surface area contributed by atoms with Crippen molar-refractivity contribution < 1.29 is 66.8 Å². The first-order chi connectivity index (χ1) is 32.3. The lowest BCUT2D eigenvalue weighted by Crippen LogP contribution is -2.54. The highest BCUT2D eigenvalue weighted by molar-refractivity contribution is 5.98. The van der Waals surface area contributed by atoms with Gasteiger partial charge in [-0.15, -0.1) is 0 Å². The largest absolute Gasteiger partial charge is 0.514 e. The number of nitrogens with two attached hydrogens (primary N) is 1. The number of hydrogen-bond donors (Lipinski definition) is 6. The molecule has 22 heteroatoms. The molecule has 2 aromatic rings. The Hall–Kier alpha value is -6.36. The summed E-state index contributed by atoms with van der Waals surface area (Å²) in [5.74, 6) is -1.87. The first-order valence-corrected chi connectivity index (χ1v) is 22.3. The number of carbonyl (C=O) groups is 6. The average molecular weight is 944 g/mol. The molecule has 370 valence electrons. The highest BCUT2D eigenvalue weighted by atomic mass is 16.7. The minimum absolute atomic E-state index is 0.0284. The SMILES string of the molecule is CC(C)[C@H](NC(=O)CCOCCOCCOCCOCCNC(=O)OC1CC/C=C/CCC1)C(=O)N[C@@H](CCCNC(N)=O)C(=O)Nc1ccc(COC(=O)Oc2ccc([N+](=O)[O-])cc2)cc1. The number of nitrogens with zero attached hydrogens (tertiary/aromatic N) is 1. The molecule has 0 heterocycles. The van der Waals surface area contributed by atoms with Gasteiger partial charge in [0.2, 0.25) is 17.7 Å². The molecule has 0 fully saturated rings. The lowest BCUT2D eigenvalue weighted by atomic mass is 10.0. The van der Waals surface area contributed by atoms with Crippen molar-refractivity contribution in [2.45, 2.75) is 90.0 Å². The number of nitro groups is 1. The number of amides is 6. The van der Waals surface area contributed by atoms with Gasteiger partial charge in [0.15, 0.2) is 0 Å². The molecule has 7 N–H and O–H groups in total. The summed E-state index contributed by atoms with van der Waals surface area (Å²) in [4.78, 5) is 85.3. The summed E-state index contributed by atoms with van der Waals surface area (Å²) >= 11 is 0. The van der Waals surface area contributed by atoms with Crippen molar-refractivity contribution in [1.82, 2.24) is 21.3 Å². The number of nitro benzene ring substituents is 1. The number of primary amides is 1. The molecule has 0 bridgehead atoms. The fraction of sp³-hybridized carbons (Fsp3) is 0.556. The molecule has 3 rings (SSSR count). The average Bonchev–Trinajstić information content (AvgIpc) is 3.28. The molecule has 1 unspecified atom stereocenters. The minimum Gasteiger partial charge on any atom is -0.446 e. The van der Waals surface area contributed by atoms with Gasteiger partial charge in [-0.2, -0.15) is 0 Å². The summed E-state index contributed by atoms with van der Waals surface area (Å²) < 4.78 is 37.6. The van der Waals surface area contributed by atoms with E-state index >= 15 is 0 Å². The Kier molecular flexibility index (Phi) is 26.5. The summed E-state index contributed by atoms with van der Waals surface area (Å²) in [5, 5.41) is 24.2. The number of hydrogen-bond acceptors (Lipinski definition) is 15. The number of rotatable bonds is 30. The molecule has 0 saturated heterocycles. The molecule has 2 aromatic carbocycles. The summed E-state index contributed by atoms with van der Waals surface area (Å²) in [7, 11) is 0. The number of nitrogens with one attached hydrogen (secondary N) is 5. The van der Waals surface area contributed by atoms with Crippen molar-refractivity contribution >= 4 is 47.4 Å². The third-order valence-electron chi connectivity index (χ3n) is 9.79. The minimum atomic E-state index is -1.07. The molecule has 0 aromatic heterocycles. The fourth-order valence-corrected chi connectivity index (χ4v) is 6.23. The van der Waals surface area contributed by atoms with E-state index in [-0.39, 0.29) is 75.7 Å². The van der Waals surface area contributed by atoms with Crippen molar-refractivity contribution in [2.24, 2.45) is 11.7 Å². The zero-order valence-electron chi connectivity index (χ0n) is 38.2. The predicted molar refractivity (Wildman–Crippen MR) is 243 cm³/mol. The van der Waals surface area contributed by atoms with Gasteiger partial charge in [-0.25, -0.2) is 14.4 Å². The summed E-state index contributed by atoms with van der Waals surface area (Å²) in [6.45, 7) is 6.13. The van der Waals surface area contributed by atoms with Crippen LogP contribution < -0.4 is 37.1 Å². The van der Waals surface area contributed by atoms with Crippen LogP contribution in [-0.4, -0.2) is 125 Å². The molecular formula is C45H65N7O15. The number of ether oxygens (including phenoxy) is 7. The van der Waals surface area contributed by atoms with E-state index in [1.165, 1.54) is 24.3 Å². The number of allylic oxidation sites excluding steroid dienone is 2. The van der Waals surface area contributed by atoms with Gasteiger partial charge in [-0.1, -0.05) is 38.1 Å². The van der Waals surface area contributed by atoms with Gasteiger partial charge in [0.1, 0.15) is 30.5 Å². The number of benzene rings is 2. The lowest BCUT2D eigenvalue weighted by Gasteiger charge is -2.25. The maximum Gasteiger partial charge on any atom is 0.514 e. The van der Waals surface area contributed by atoms with Crippen LogP contribution in [0, 0.1) is 16.0 Å². The van der Waals surface area contributed by atoms with E-state index in [9.17, 15) is 38.9 Å². The Labute approximate surface area is 389 Å². The van der Waals surface area contributed by atoms with Gasteiger partial charge in [0.25, 0.3) is 5.69 Å². The van der Waals surface area contributed by atoms with Gasteiger partial charge in [0.05, 0.1) is 57.8 Å². The Morgan fingerprint density at radius 3 is 2.04 bits per heavy atom. The van der Waals surface area contributed by atoms with Crippen LogP contribution in [0.3, 0.4) is 0 Å². The van der Waals surface area contributed by atoms with Crippen molar-refractivity contribution in [3.8, 4) is 5.75 Å². The van der Waals surface area contributed by atoms with Gasteiger partial charge in [-0.05, 0) is 80.7 Å². The van der Waals surface area contributed by atoms with Gasteiger partial charge >= 0.3 is 18.3 Å². The molecule has 22 nitrogen and oxygen atoms in total. The Bertz CT molecular complexity index is 1870. The van der Waals surface area contributed by atoms with Crippen LogP contribution in [0.2, 0.25) is 0 Å². The van der Waals surface area contributed by atoms with Crippen LogP contribution in [0.25, 0.3) is 0 Å². The van der Waals surface area contributed by atoms with Crippen LogP contribution in [0.15, 0.2) is 60.7 Å². The van der Waals surface area contributed by atoms with Gasteiger partial charge in [0, 0.05) is 37.3 Å². The number of alkyl carbamates (subject to hydrolysis) is 1. The van der Waals surface area contributed by atoms with Crippen molar-refractivity contribution in [1.29, 1.82) is 0 Å². The van der Waals surface area contributed by atoms with Crippen LogP contribution in [-0.2, 0) is 49.4 Å². The van der Waals surface area contributed by atoms with Crippen molar-refractivity contribution in [3.63, 3.8) is 0 Å². The molecule has 1 aliphatic rings. The van der Waals surface area contributed by atoms with Gasteiger partial charge < -0.3 is 65.5 Å². The van der Waals surface area contributed by atoms with E-state index in [1.54, 1.807) is 38.1 Å². The van der Waals surface area contributed by atoms with Crippen LogP contribution in [0.4, 0.5) is 25.8 Å². The predicted octanol–water partition coefficient (Wildman–Crippen LogP) is 4.39. The number of anilines is 1. The molecule has 1 aliphatic carbocycles. The van der Waals surface area contributed by atoms with E-state index < -0.39 is 53.0 Å². The van der Waals surface area contributed by atoms with Crippen LogP contribution >= 0.6 is 0 Å². The first kappa shape index (κ1) is 55.0. The highest BCUT2D eigenvalue weighted by Crippen LogP contribution is 2.19. The summed E-state index contributed by atoms with van der Waals surface area (Å²) in [6, 6.07) is 8.42. The second-order valence-electron chi connectivity index (χ2n) is 15.5. The molecular weight excluding hydrogens is 879 g/mol. The smallest absolute Gasteiger partial charge is 0.446 e. The summed E-state index contributed by atoms with van der Waals surface area (Å²) in [6.07, 6.45) is 7.78. The maximum atomic E-state index is 13.5. The second kappa shape index (κ2) is 32.3. The third kappa shape index (κ3) is 24.7. The van der Waals surface area contributed by atoms with Crippen LogP contribution in [0.1, 0.15) is 70.8 Å². The third-order valence-corrected chi connectivity index (χ3v) is 9.79. The second-order valence-corrected chi connectivity index (χ2v) is 15.5. The zero-order valence-corrected chi connectivity index (χ0v) is 38.2. The summed E-state index contributed by atoms with van der Waals surface area (Å²) in [5.41, 5.74) is 5.92. The topological polar surface area (TPSA) is 296 Å². The Morgan fingerprint density at radius 1 is 0.761 bits per heavy atom. The van der Waals surface area contributed by atoms with Crippen molar-refractivity contribution in [2.75, 3.05) is 71.3 Å². The fourth-order valence-electron chi connectivity index (χ4n) is 6.23. The normalized spacial score (nSPS) is 14.8. The van der Waals surface area contributed by atoms with Crippen molar-refractivity contribution in [3.05, 3.63) is 76.4 Å². The number of non-ortho nitro benzene ring substituents is 1. The van der Waals surface area contributed by atoms with E-state index in [1.807, 2.05) is 0 Å². The number of urea groups is 1. The molecule has 3 atom stereocenters. The Morgan fingerprint density at radius 2 is 1.40 bits per heavy atom. The molecule has 0 aliphatic heterocycles. The molecule has 0 radical (unpaired) electrons. The van der Waals surface area contributed by atoms with E-state index in [4.69, 9.17) is 38.9 Å². The molecule has 67 heavy (non-hydrogen) atoms. The molecule has 6 amide bonds. The number of carbonyl (C=O) groups excluding carboxylic acids is 6. The molecule has 0 saturated carbocycles. The first-order valence-electron chi connectivity index (χ1n) is 22.3. The van der Waals surface area contributed by atoms with E-state index in [0.29, 0.717) is 50.8 Å². The van der Waals surface area contributed by atoms with Crippen LogP contribution in [0.5, 0.6) is 5.75 Å². The van der Waals surface area contributed by atoms with E-state index in [0.717, 1.165) is 32.1 Å². The zero-order chi connectivity index (χ0) is 48.7. The molecule has 0 spiro atoms. The highest BCUT2D eigenvalue weighted by Gasteiger charge is 2.29. The maximum absolute atomic E-state index is 13.5.